The molecule has 0 spiro atoms. The quantitative estimate of drug-likeness (QED) is 0.144. The van der Waals surface area contributed by atoms with Crippen LogP contribution >= 0.6 is 0 Å². The average Bonchev–Trinajstić information content (AvgIpc) is 2.72. The Balaban J connectivity index is 2.10. The van der Waals surface area contributed by atoms with E-state index in [9.17, 15) is 9.90 Å². The molecule has 1 rings (SSSR count). The highest BCUT2D eigenvalue weighted by Crippen LogP contribution is 2.40. The molecule has 0 aromatic rings. The first-order chi connectivity index (χ1) is 16.4. The van der Waals surface area contributed by atoms with Crippen molar-refractivity contribution >= 4 is 5.97 Å². The summed E-state index contributed by atoms with van der Waals surface area (Å²) in [4.78, 5) is 14.9. The molecule has 1 N–H and O–H groups in total. The van der Waals surface area contributed by atoms with E-state index in [1.165, 1.54) is 83.5 Å². The second kappa shape index (κ2) is 16.3. The van der Waals surface area contributed by atoms with E-state index in [2.05, 4.69) is 39.5 Å². The summed E-state index contributed by atoms with van der Waals surface area (Å²) in [6.07, 6.45) is 22.1. The normalized spacial score (nSPS) is 18.6. The number of hydrogen-bond acceptors (Lipinski definition) is 4. The Bertz CT molecular complexity index is 546. The molecule has 208 valence electrons. The van der Waals surface area contributed by atoms with Crippen LogP contribution in [0.2, 0.25) is 0 Å². The van der Waals surface area contributed by atoms with E-state index in [0.717, 1.165) is 25.7 Å². The summed E-state index contributed by atoms with van der Waals surface area (Å²) in [5.41, 5.74) is -0.992. The number of esters is 1. The number of carbonyl (C=O) groups excluding carboxylic acids is 1. The minimum atomic E-state index is -0.744. The number of ether oxygens (including phenoxy) is 1. The van der Waals surface area contributed by atoms with Crippen LogP contribution in [-0.2, 0) is 9.53 Å². The maximum atomic E-state index is 12.5. The van der Waals surface area contributed by atoms with Crippen LogP contribution in [0.5, 0.6) is 0 Å². The molecule has 0 radical (unpaired) electrons. The van der Waals surface area contributed by atoms with Gasteiger partial charge in [-0.1, -0.05) is 96.8 Å². The molecule has 1 aliphatic rings. The zero-order valence-corrected chi connectivity index (χ0v) is 24.7. The van der Waals surface area contributed by atoms with Gasteiger partial charge in [0.05, 0.1) is 5.60 Å². The molecule has 0 atom stereocenters. The third kappa shape index (κ3) is 14.6. The fourth-order valence-electron chi connectivity index (χ4n) is 6.01. The van der Waals surface area contributed by atoms with Crippen molar-refractivity contribution in [1.29, 1.82) is 0 Å². The van der Waals surface area contributed by atoms with Gasteiger partial charge in [0.15, 0.2) is 0 Å². The van der Waals surface area contributed by atoms with Gasteiger partial charge in [0, 0.05) is 36.9 Å². The van der Waals surface area contributed by atoms with Crippen molar-refractivity contribution < 1.29 is 14.6 Å². The Labute approximate surface area is 219 Å². The fraction of sp³-hybridized carbons (Fsp3) is 0.968. The van der Waals surface area contributed by atoms with Crippen molar-refractivity contribution in [2.45, 2.75) is 187 Å². The summed E-state index contributed by atoms with van der Waals surface area (Å²) in [5, 5.41) is 10.4. The molecule has 1 fully saturated rings. The fourth-order valence-corrected chi connectivity index (χ4v) is 6.01. The van der Waals surface area contributed by atoms with Crippen LogP contribution in [0.15, 0.2) is 0 Å². The average molecular weight is 496 g/mol. The third-order valence-corrected chi connectivity index (χ3v) is 7.74. The molecule has 4 nitrogen and oxygen atoms in total. The molecule has 0 saturated carbocycles. The van der Waals surface area contributed by atoms with Crippen LogP contribution < -0.4 is 0 Å². The number of hydrogen-bond donors (Lipinski definition) is 1. The number of carbonyl (C=O) groups is 1. The molecule has 35 heavy (non-hydrogen) atoms. The standard InChI is InChI=1S/C31H61NO3/c1-8-9-10-11-12-13-14-15-16-17-18-19-20-21-22-23-28(33)35-27-24-29(2,3)32(26-31(6,7)34)30(4,5)25-27/h27,34H,8-26H2,1-7H3. The molecule has 0 aromatic heterocycles. The lowest BCUT2D eigenvalue weighted by molar-refractivity contribution is -0.164. The molecule has 0 unspecified atom stereocenters. The van der Waals surface area contributed by atoms with Crippen molar-refractivity contribution in [3.8, 4) is 0 Å². The molecule has 0 aliphatic carbocycles. The molecule has 0 amide bonds. The Hall–Kier alpha value is -0.610. The van der Waals surface area contributed by atoms with Crippen molar-refractivity contribution in [2.24, 2.45) is 0 Å². The van der Waals surface area contributed by atoms with E-state index in [4.69, 9.17) is 4.74 Å². The summed E-state index contributed by atoms with van der Waals surface area (Å²) < 4.78 is 5.93. The first-order valence-corrected chi connectivity index (χ1v) is 15.1. The van der Waals surface area contributed by atoms with Gasteiger partial charge >= 0.3 is 5.97 Å². The van der Waals surface area contributed by atoms with Gasteiger partial charge in [-0.3, -0.25) is 9.69 Å². The van der Waals surface area contributed by atoms with Crippen LogP contribution in [-0.4, -0.2) is 45.3 Å². The van der Waals surface area contributed by atoms with Crippen molar-refractivity contribution in [1.82, 2.24) is 4.90 Å². The second-order valence-electron chi connectivity index (χ2n) is 13.2. The zero-order chi connectivity index (χ0) is 26.4. The predicted octanol–water partition coefficient (Wildman–Crippen LogP) is 8.58. The highest BCUT2D eigenvalue weighted by molar-refractivity contribution is 5.69. The lowest BCUT2D eigenvalue weighted by atomic mass is 9.77. The smallest absolute Gasteiger partial charge is 0.306 e. The number of piperidine rings is 1. The number of aliphatic hydroxyl groups is 1. The SMILES string of the molecule is CCCCCCCCCCCCCCCCCC(=O)OC1CC(C)(C)N(CC(C)(C)O)C(C)(C)C1. The molecule has 0 aromatic carbocycles. The highest BCUT2D eigenvalue weighted by Gasteiger charge is 2.47. The van der Waals surface area contributed by atoms with Gasteiger partial charge < -0.3 is 9.84 Å². The third-order valence-electron chi connectivity index (χ3n) is 7.74. The Morgan fingerprint density at radius 1 is 0.771 bits per heavy atom. The summed E-state index contributed by atoms with van der Waals surface area (Å²) in [7, 11) is 0. The lowest BCUT2D eigenvalue weighted by Gasteiger charge is -2.56. The maximum Gasteiger partial charge on any atom is 0.306 e. The first-order valence-electron chi connectivity index (χ1n) is 15.1. The van der Waals surface area contributed by atoms with Crippen LogP contribution in [0.1, 0.15) is 164 Å². The predicted molar refractivity (Wildman–Crippen MR) is 150 cm³/mol. The topological polar surface area (TPSA) is 49.8 Å². The number of β-amino-alcohol motifs (C(OH)–C–C–N with tert-alkyl or cyclic N) is 1. The summed E-state index contributed by atoms with van der Waals surface area (Å²) in [6.45, 7) is 15.4. The largest absolute Gasteiger partial charge is 0.462 e. The van der Waals surface area contributed by atoms with Gasteiger partial charge in [-0.2, -0.15) is 0 Å². The molecule has 0 bridgehead atoms. The van der Waals surface area contributed by atoms with E-state index in [1.54, 1.807) is 0 Å². The number of nitrogens with zero attached hydrogens (tertiary/aromatic N) is 1. The second-order valence-corrected chi connectivity index (χ2v) is 13.2. The van der Waals surface area contributed by atoms with Crippen LogP contribution in [0.3, 0.4) is 0 Å². The van der Waals surface area contributed by atoms with Crippen LogP contribution in [0, 0.1) is 0 Å². The van der Waals surface area contributed by atoms with E-state index < -0.39 is 5.60 Å². The molecular formula is C31H61NO3. The van der Waals surface area contributed by atoms with Gasteiger partial charge in [0.1, 0.15) is 6.10 Å². The lowest BCUT2D eigenvalue weighted by Crippen LogP contribution is -2.64. The summed E-state index contributed by atoms with van der Waals surface area (Å²) in [5.74, 6) is -0.0350. The van der Waals surface area contributed by atoms with E-state index in [1.807, 2.05) is 13.8 Å². The van der Waals surface area contributed by atoms with Gasteiger partial charge in [-0.05, 0) is 48.0 Å². The van der Waals surface area contributed by atoms with Gasteiger partial charge in [-0.15, -0.1) is 0 Å². The molecule has 1 saturated heterocycles. The number of likely N-dealkylation sites (tertiary alicyclic amines) is 1. The number of rotatable bonds is 19. The molecule has 1 aliphatic heterocycles. The number of unbranched alkanes of at least 4 members (excludes halogenated alkanes) is 14. The summed E-state index contributed by atoms with van der Waals surface area (Å²) in [6, 6.07) is 0. The van der Waals surface area contributed by atoms with E-state index >= 15 is 0 Å². The van der Waals surface area contributed by atoms with E-state index in [-0.39, 0.29) is 23.2 Å². The van der Waals surface area contributed by atoms with Crippen molar-refractivity contribution in [3.63, 3.8) is 0 Å². The molecular weight excluding hydrogens is 434 g/mol. The molecule has 1 heterocycles. The van der Waals surface area contributed by atoms with Crippen molar-refractivity contribution in [3.05, 3.63) is 0 Å². The van der Waals surface area contributed by atoms with Gasteiger partial charge in [0.2, 0.25) is 0 Å². The minimum absolute atomic E-state index is 0.0350. The van der Waals surface area contributed by atoms with Crippen molar-refractivity contribution in [2.75, 3.05) is 6.54 Å². The van der Waals surface area contributed by atoms with Gasteiger partial charge in [0.25, 0.3) is 0 Å². The van der Waals surface area contributed by atoms with Gasteiger partial charge in [-0.25, -0.2) is 0 Å². The first kappa shape index (κ1) is 32.4. The summed E-state index contributed by atoms with van der Waals surface area (Å²) >= 11 is 0. The molecule has 4 heteroatoms. The highest BCUT2D eigenvalue weighted by atomic mass is 16.5. The Kier molecular flexibility index (Phi) is 15.1. The van der Waals surface area contributed by atoms with E-state index in [0.29, 0.717) is 13.0 Å². The monoisotopic (exact) mass is 495 g/mol. The Morgan fingerprint density at radius 2 is 1.14 bits per heavy atom. The minimum Gasteiger partial charge on any atom is -0.462 e. The zero-order valence-electron chi connectivity index (χ0n) is 24.7. The van der Waals surface area contributed by atoms with Crippen LogP contribution in [0.25, 0.3) is 0 Å². The Morgan fingerprint density at radius 3 is 1.51 bits per heavy atom. The maximum absolute atomic E-state index is 12.5. The van der Waals surface area contributed by atoms with Crippen LogP contribution in [0.4, 0.5) is 0 Å².